The first-order valence-electron chi connectivity index (χ1n) is 11.6. The lowest BCUT2D eigenvalue weighted by atomic mass is 10.1. The Morgan fingerprint density at radius 1 is 1.05 bits per heavy atom. The maximum absolute atomic E-state index is 12.5. The van der Waals surface area contributed by atoms with Gasteiger partial charge in [-0.2, -0.15) is 5.10 Å². The van der Waals surface area contributed by atoms with E-state index < -0.39 is 42.4 Å². The van der Waals surface area contributed by atoms with E-state index in [1.54, 1.807) is 31.7 Å². The zero-order valence-electron chi connectivity index (χ0n) is 21.3. The molecule has 0 unspecified atom stereocenters. The monoisotopic (exact) mass is 516 g/mol. The number of carbonyl (C=O) groups excluding carboxylic acids is 4. The normalized spacial score (nSPS) is 22.6. The maximum Gasteiger partial charge on any atom is 0.303 e. The van der Waals surface area contributed by atoms with Crippen molar-refractivity contribution >= 4 is 46.5 Å². The van der Waals surface area contributed by atoms with Gasteiger partial charge in [-0.1, -0.05) is 13.8 Å². The number of hydrogen-bond donors (Lipinski definition) is 1. The fraction of sp³-hybridized carbons (Fsp3) is 0.522. The first-order chi connectivity index (χ1) is 17.5. The predicted octanol–water partition coefficient (Wildman–Crippen LogP) is 0.639. The van der Waals surface area contributed by atoms with E-state index in [4.69, 9.17) is 18.9 Å². The zero-order valence-corrected chi connectivity index (χ0v) is 21.3. The molecular weight excluding hydrogens is 488 g/mol. The van der Waals surface area contributed by atoms with E-state index >= 15 is 0 Å². The Kier molecular flexibility index (Phi) is 7.12. The number of amides is 1. The fourth-order valence-electron chi connectivity index (χ4n) is 4.21. The molecule has 2 aliphatic heterocycles. The molecule has 1 amide bonds. The summed E-state index contributed by atoms with van der Waals surface area (Å²) in [5.74, 6) is -1.59. The summed E-state index contributed by atoms with van der Waals surface area (Å²) >= 11 is 0. The van der Waals surface area contributed by atoms with Crippen molar-refractivity contribution in [1.82, 2.24) is 19.9 Å². The largest absolute Gasteiger partial charge is 0.463 e. The molecule has 2 aromatic heterocycles. The molecule has 0 aromatic carbocycles. The van der Waals surface area contributed by atoms with Crippen LogP contribution in [0.15, 0.2) is 17.6 Å². The Morgan fingerprint density at radius 3 is 2.35 bits per heavy atom. The smallest absolute Gasteiger partial charge is 0.303 e. The third kappa shape index (κ3) is 5.09. The quantitative estimate of drug-likeness (QED) is 0.423. The number of hydrogen-bond acceptors (Lipinski definition) is 12. The van der Waals surface area contributed by atoms with Gasteiger partial charge in [-0.05, 0) is 0 Å². The van der Waals surface area contributed by atoms with Gasteiger partial charge in [-0.15, -0.1) is 0 Å². The molecular formula is C23H28N6O8. The number of nitrogens with zero attached hydrogens (tertiary/aromatic N) is 5. The highest BCUT2D eigenvalue weighted by atomic mass is 16.7. The standard InChI is InChI=1S/C23H28N6O8/c1-10(2)22(33)26-19-14-7-29(21-16(14)20(24-9-25-21)28(6)27-19)23-18(36-13(5)32)17(35-12(4)31)15(37-23)8-34-11(3)30/h7,9-10,15,17-18,23H,8H2,1-6H3,(H,26,27,33)/t15-,17-,18-,23-/m1/s1. The number of aromatic nitrogens is 3. The zero-order chi connectivity index (χ0) is 27.0. The SMILES string of the molecule is CC(=O)OC[C@H]1O[C@@H](n2cc3c4c(ncnc42)N(C)N=C3NC(=O)C(C)C)[C@H](OC(C)=O)[C@@H]1OC(C)=O. The molecule has 4 heterocycles. The van der Waals surface area contributed by atoms with Gasteiger partial charge in [-0.3, -0.25) is 19.2 Å². The summed E-state index contributed by atoms with van der Waals surface area (Å²) in [7, 11) is 1.68. The minimum atomic E-state index is -1.10. The molecule has 2 aliphatic rings. The van der Waals surface area contributed by atoms with Crippen LogP contribution in [-0.4, -0.2) is 76.2 Å². The molecule has 0 bridgehead atoms. The second-order valence-corrected chi connectivity index (χ2v) is 8.98. The van der Waals surface area contributed by atoms with Crippen LogP contribution in [0.3, 0.4) is 0 Å². The number of esters is 3. The minimum absolute atomic E-state index is 0.236. The van der Waals surface area contributed by atoms with Crippen molar-refractivity contribution < 1.29 is 38.1 Å². The summed E-state index contributed by atoms with van der Waals surface area (Å²) in [6.07, 6.45) is -1.15. The highest BCUT2D eigenvalue weighted by Gasteiger charge is 2.51. The molecule has 4 rings (SSSR count). The van der Waals surface area contributed by atoms with E-state index in [-0.39, 0.29) is 24.3 Å². The molecule has 1 fully saturated rings. The van der Waals surface area contributed by atoms with Crippen molar-refractivity contribution in [1.29, 1.82) is 0 Å². The molecule has 14 nitrogen and oxygen atoms in total. The summed E-state index contributed by atoms with van der Waals surface area (Å²) < 4.78 is 23.9. The second-order valence-electron chi connectivity index (χ2n) is 8.98. The second kappa shape index (κ2) is 10.1. The third-order valence-corrected chi connectivity index (χ3v) is 5.78. The van der Waals surface area contributed by atoms with Gasteiger partial charge in [0.15, 0.2) is 30.1 Å². The Balaban J connectivity index is 1.82. The Hall–Kier alpha value is -4.07. The number of nitrogens with one attached hydrogen (secondary N) is 1. The average Bonchev–Trinajstić information content (AvgIpc) is 3.34. The van der Waals surface area contributed by atoms with Gasteiger partial charge in [-0.25, -0.2) is 15.0 Å². The van der Waals surface area contributed by atoms with Crippen molar-refractivity contribution in [2.24, 2.45) is 11.0 Å². The topological polar surface area (TPSA) is 164 Å². The van der Waals surface area contributed by atoms with Gasteiger partial charge in [0.05, 0.1) is 10.9 Å². The highest BCUT2D eigenvalue weighted by Crippen LogP contribution is 2.39. The number of anilines is 1. The van der Waals surface area contributed by atoms with Crippen LogP contribution >= 0.6 is 0 Å². The molecule has 4 atom stereocenters. The Bertz CT molecular complexity index is 1290. The number of carbonyl (C=O) groups is 4. The first kappa shape index (κ1) is 26.0. The predicted molar refractivity (Wildman–Crippen MR) is 127 cm³/mol. The molecule has 37 heavy (non-hydrogen) atoms. The van der Waals surface area contributed by atoms with Crippen LogP contribution in [0.2, 0.25) is 0 Å². The Morgan fingerprint density at radius 2 is 1.73 bits per heavy atom. The average molecular weight is 517 g/mol. The number of hydrazone groups is 1. The van der Waals surface area contributed by atoms with E-state index in [1.807, 2.05) is 0 Å². The number of amidine groups is 1. The first-order valence-corrected chi connectivity index (χ1v) is 11.6. The molecule has 1 saturated heterocycles. The molecule has 14 heteroatoms. The van der Waals surface area contributed by atoms with Gasteiger partial charge in [0, 0.05) is 39.9 Å². The van der Waals surface area contributed by atoms with E-state index in [1.165, 1.54) is 32.1 Å². The lowest BCUT2D eigenvalue weighted by molar-refractivity contribution is -0.166. The Labute approximate surface area is 211 Å². The van der Waals surface area contributed by atoms with E-state index in [2.05, 4.69) is 20.4 Å². The van der Waals surface area contributed by atoms with Crippen molar-refractivity contribution in [2.75, 3.05) is 18.7 Å². The minimum Gasteiger partial charge on any atom is -0.463 e. The van der Waals surface area contributed by atoms with Crippen LogP contribution in [0.5, 0.6) is 0 Å². The van der Waals surface area contributed by atoms with Crippen molar-refractivity contribution in [3.8, 4) is 0 Å². The molecule has 1 N–H and O–H groups in total. The summed E-state index contributed by atoms with van der Waals surface area (Å²) in [5.41, 5.74) is 0.922. The summed E-state index contributed by atoms with van der Waals surface area (Å²) in [6, 6.07) is 0. The van der Waals surface area contributed by atoms with Gasteiger partial charge < -0.3 is 28.8 Å². The number of ether oxygens (including phenoxy) is 4. The van der Waals surface area contributed by atoms with Crippen LogP contribution in [0.1, 0.15) is 46.4 Å². The molecule has 0 radical (unpaired) electrons. The van der Waals surface area contributed by atoms with Crippen LogP contribution in [0.4, 0.5) is 5.82 Å². The van der Waals surface area contributed by atoms with Crippen molar-refractivity contribution in [3.05, 3.63) is 18.1 Å². The van der Waals surface area contributed by atoms with Gasteiger partial charge in [0.25, 0.3) is 0 Å². The lowest BCUT2D eigenvalue weighted by Crippen LogP contribution is -2.40. The van der Waals surface area contributed by atoms with E-state index in [0.717, 1.165) is 0 Å². The highest BCUT2D eigenvalue weighted by molar-refractivity contribution is 6.18. The maximum atomic E-state index is 12.5. The summed E-state index contributed by atoms with van der Waals surface area (Å²) in [6.45, 7) is 6.94. The van der Waals surface area contributed by atoms with Crippen molar-refractivity contribution in [3.63, 3.8) is 0 Å². The van der Waals surface area contributed by atoms with E-state index in [9.17, 15) is 19.2 Å². The van der Waals surface area contributed by atoms with Crippen LogP contribution in [-0.2, 0) is 38.1 Å². The molecule has 0 spiro atoms. The lowest BCUT2D eigenvalue weighted by Gasteiger charge is -2.24. The van der Waals surface area contributed by atoms with Gasteiger partial charge in [0.2, 0.25) is 5.91 Å². The third-order valence-electron chi connectivity index (χ3n) is 5.78. The summed E-state index contributed by atoms with van der Waals surface area (Å²) in [5, 5.41) is 9.37. The molecule has 0 aliphatic carbocycles. The van der Waals surface area contributed by atoms with Gasteiger partial charge >= 0.3 is 17.9 Å². The van der Waals surface area contributed by atoms with E-state index in [0.29, 0.717) is 22.4 Å². The van der Waals surface area contributed by atoms with Crippen LogP contribution < -0.4 is 10.3 Å². The van der Waals surface area contributed by atoms with Crippen LogP contribution in [0.25, 0.3) is 11.0 Å². The molecule has 0 saturated carbocycles. The van der Waals surface area contributed by atoms with Gasteiger partial charge in [0.1, 0.15) is 24.7 Å². The fourth-order valence-corrected chi connectivity index (χ4v) is 4.21. The number of rotatable bonds is 6. The van der Waals surface area contributed by atoms with Crippen molar-refractivity contribution in [2.45, 2.75) is 59.2 Å². The summed E-state index contributed by atoms with van der Waals surface area (Å²) in [4.78, 5) is 56.6. The molecule has 2 aromatic rings. The molecule has 198 valence electrons. The van der Waals surface area contributed by atoms with Crippen LogP contribution in [0, 0.1) is 5.92 Å².